The molecule has 0 fully saturated rings. The van der Waals surface area contributed by atoms with Gasteiger partial charge in [0.25, 0.3) is 0 Å². The van der Waals surface area contributed by atoms with Crippen molar-refractivity contribution in [3.63, 3.8) is 0 Å². The summed E-state index contributed by atoms with van der Waals surface area (Å²) < 4.78 is 2.21. The number of aromatic nitrogens is 1. The zero-order valence-electron chi connectivity index (χ0n) is 8.62. The van der Waals surface area contributed by atoms with Crippen LogP contribution in [-0.4, -0.2) is 11.3 Å². The number of para-hydroxylation sites is 1. The molecule has 0 aliphatic carbocycles. The van der Waals surface area contributed by atoms with Gasteiger partial charge in [-0.2, -0.15) is 0 Å². The first-order chi connectivity index (χ1) is 8.35. The average molecular weight is 277 g/mol. The van der Waals surface area contributed by atoms with Gasteiger partial charge in [0.2, 0.25) is 0 Å². The second-order valence-electron chi connectivity index (χ2n) is 3.35. The Balaban J connectivity index is 1.91. The highest BCUT2D eigenvalue weighted by molar-refractivity contribution is 8.01. The fourth-order valence-electron chi connectivity index (χ4n) is 1.45. The van der Waals surface area contributed by atoms with Crippen molar-refractivity contribution in [1.82, 2.24) is 4.98 Å². The van der Waals surface area contributed by atoms with Crippen LogP contribution < -0.4 is 0 Å². The summed E-state index contributed by atoms with van der Waals surface area (Å²) in [5.74, 6) is 0. The fraction of sp³-hybridized carbons (Fsp3) is 0. The molecular weight excluding hydrogens is 270 g/mol. The summed E-state index contributed by atoms with van der Waals surface area (Å²) >= 11 is 4.75. The summed E-state index contributed by atoms with van der Waals surface area (Å²) in [5, 5.41) is 1.99. The average Bonchev–Trinajstić information content (AvgIpc) is 2.94. The number of benzene rings is 1. The number of hydrogen-bond donors (Lipinski definition) is 0. The molecule has 3 aromatic rings. The lowest BCUT2D eigenvalue weighted by Crippen LogP contribution is -1.69. The van der Waals surface area contributed by atoms with Crippen LogP contribution >= 0.6 is 34.4 Å². The number of carbonyl (C=O) groups is 1. The van der Waals surface area contributed by atoms with Gasteiger partial charge in [-0.25, -0.2) is 4.98 Å². The molecule has 0 bridgehead atoms. The van der Waals surface area contributed by atoms with E-state index < -0.39 is 0 Å². The molecule has 5 heteroatoms. The summed E-state index contributed by atoms with van der Waals surface area (Å²) in [5.41, 5.74) is 1.03. The number of hydrogen-bond acceptors (Lipinski definition) is 5. The molecule has 0 amide bonds. The fourth-order valence-corrected chi connectivity index (χ4v) is 4.38. The molecule has 0 aliphatic rings. The first-order valence-corrected chi connectivity index (χ1v) is 7.43. The smallest absolute Gasteiger partial charge is 0.160 e. The zero-order valence-corrected chi connectivity index (χ0v) is 11.1. The van der Waals surface area contributed by atoms with Crippen LogP contribution in [0, 0.1) is 0 Å². The van der Waals surface area contributed by atoms with E-state index >= 15 is 0 Å². The minimum Gasteiger partial charge on any atom is -0.297 e. The Bertz CT molecular complexity index is 638. The van der Waals surface area contributed by atoms with E-state index in [1.807, 2.05) is 29.6 Å². The summed E-state index contributed by atoms with van der Waals surface area (Å²) in [6.07, 6.45) is 0.882. The molecule has 0 saturated heterocycles. The number of fused-ring (bicyclic) bond motifs is 1. The van der Waals surface area contributed by atoms with E-state index in [1.165, 1.54) is 16.0 Å². The van der Waals surface area contributed by atoms with Crippen molar-refractivity contribution in [2.75, 3.05) is 0 Å². The number of carbonyl (C=O) groups excluding carboxylic acids is 1. The predicted molar refractivity (Wildman–Crippen MR) is 73.4 cm³/mol. The van der Waals surface area contributed by atoms with Crippen molar-refractivity contribution in [3.05, 3.63) is 40.6 Å². The third-order valence-corrected chi connectivity index (χ3v) is 5.27. The molecule has 2 aromatic heterocycles. The van der Waals surface area contributed by atoms with E-state index in [1.54, 1.807) is 23.1 Å². The van der Waals surface area contributed by atoms with Crippen molar-refractivity contribution in [3.8, 4) is 0 Å². The second-order valence-corrected chi connectivity index (χ2v) is 6.65. The molecule has 0 radical (unpaired) electrons. The van der Waals surface area contributed by atoms with Gasteiger partial charge >= 0.3 is 0 Å². The van der Waals surface area contributed by atoms with E-state index in [4.69, 9.17) is 0 Å². The predicted octanol–water partition coefficient (Wildman–Crippen LogP) is 4.32. The van der Waals surface area contributed by atoms with Gasteiger partial charge in [0.05, 0.1) is 15.1 Å². The monoisotopic (exact) mass is 277 g/mol. The quantitative estimate of drug-likeness (QED) is 0.668. The molecular formula is C12H7NOS3. The van der Waals surface area contributed by atoms with E-state index in [9.17, 15) is 4.79 Å². The Morgan fingerprint density at radius 1 is 1.29 bits per heavy atom. The minimum absolute atomic E-state index is 0.758. The Hall–Kier alpha value is -1.17. The van der Waals surface area contributed by atoms with Crippen molar-refractivity contribution in [1.29, 1.82) is 0 Å². The van der Waals surface area contributed by atoms with Crippen LogP contribution in [0.25, 0.3) is 10.2 Å². The number of rotatable bonds is 3. The normalized spacial score (nSPS) is 10.8. The van der Waals surface area contributed by atoms with Gasteiger partial charge in [-0.15, -0.1) is 22.7 Å². The van der Waals surface area contributed by atoms with Gasteiger partial charge in [-0.1, -0.05) is 23.9 Å². The van der Waals surface area contributed by atoms with Gasteiger partial charge in [0.15, 0.2) is 10.6 Å². The van der Waals surface area contributed by atoms with Crippen LogP contribution in [0.2, 0.25) is 0 Å². The number of aldehydes is 1. The molecule has 2 nitrogen and oxygen atoms in total. The van der Waals surface area contributed by atoms with Crippen molar-refractivity contribution >= 4 is 50.9 Å². The highest BCUT2D eigenvalue weighted by Gasteiger charge is 2.06. The first kappa shape index (κ1) is 11.0. The Labute approximate surface area is 110 Å². The first-order valence-electron chi connectivity index (χ1n) is 4.92. The molecule has 0 aliphatic heterocycles. The van der Waals surface area contributed by atoms with E-state index in [0.717, 1.165) is 25.9 Å². The van der Waals surface area contributed by atoms with Gasteiger partial charge in [-0.05, 0) is 18.2 Å². The van der Waals surface area contributed by atoms with E-state index in [2.05, 4.69) is 11.1 Å². The molecule has 0 N–H and O–H groups in total. The SMILES string of the molecule is O=Cc1cc(Sc2nc3ccccc3s2)cs1. The van der Waals surface area contributed by atoms with Crippen LogP contribution in [0.5, 0.6) is 0 Å². The molecule has 3 rings (SSSR count). The molecule has 84 valence electrons. The van der Waals surface area contributed by atoms with Gasteiger partial charge in [0.1, 0.15) is 0 Å². The Morgan fingerprint density at radius 3 is 2.94 bits per heavy atom. The lowest BCUT2D eigenvalue weighted by atomic mass is 10.3. The van der Waals surface area contributed by atoms with Crippen molar-refractivity contribution < 1.29 is 4.79 Å². The molecule has 1 aromatic carbocycles. The number of nitrogens with zero attached hydrogens (tertiary/aromatic N) is 1. The van der Waals surface area contributed by atoms with Gasteiger partial charge in [0, 0.05) is 10.3 Å². The topological polar surface area (TPSA) is 30.0 Å². The second kappa shape index (κ2) is 4.60. The zero-order chi connectivity index (χ0) is 11.7. The molecule has 0 unspecified atom stereocenters. The maximum absolute atomic E-state index is 10.6. The van der Waals surface area contributed by atoms with Gasteiger partial charge in [-0.3, -0.25) is 4.79 Å². The minimum atomic E-state index is 0.758. The summed E-state index contributed by atoms with van der Waals surface area (Å²) in [7, 11) is 0. The van der Waals surface area contributed by atoms with Crippen LogP contribution in [0.1, 0.15) is 9.67 Å². The standard InChI is InChI=1S/C12H7NOS3/c14-6-8-5-9(7-15-8)16-12-13-10-3-1-2-4-11(10)17-12/h1-7H. The van der Waals surface area contributed by atoms with Crippen molar-refractivity contribution in [2.24, 2.45) is 0 Å². The molecule has 0 saturated carbocycles. The number of thiophene rings is 1. The van der Waals surface area contributed by atoms with Crippen LogP contribution in [0.3, 0.4) is 0 Å². The van der Waals surface area contributed by atoms with E-state index in [0.29, 0.717) is 0 Å². The Morgan fingerprint density at radius 2 is 2.18 bits per heavy atom. The van der Waals surface area contributed by atoms with Crippen LogP contribution in [-0.2, 0) is 0 Å². The third-order valence-electron chi connectivity index (χ3n) is 2.19. The molecule has 0 spiro atoms. The lowest BCUT2D eigenvalue weighted by Gasteiger charge is -1.89. The van der Waals surface area contributed by atoms with Crippen molar-refractivity contribution in [2.45, 2.75) is 9.24 Å². The van der Waals surface area contributed by atoms with Crippen LogP contribution in [0.4, 0.5) is 0 Å². The van der Waals surface area contributed by atoms with Gasteiger partial charge < -0.3 is 0 Å². The largest absolute Gasteiger partial charge is 0.297 e. The third kappa shape index (κ3) is 2.26. The molecule has 17 heavy (non-hydrogen) atoms. The maximum atomic E-state index is 10.6. The number of thiazole rings is 1. The summed E-state index contributed by atoms with van der Waals surface area (Å²) in [4.78, 5) is 17.0. The maximum Gasteiger partial charge on any atom is 0.160 e. The lowest BCUT2D eigenvalue weighted by molar-refractivity contribution is 0.112. The van der Waals surface area contributed by atoms with Crippen LogP contribution in [0.15, 0.2) is 44.9 Å². The molecule has 0 atom stereocenters. The Kier molecular flexibility index (Phi) is 2.96. The highest BCUT2D eigenvalue weighted by atomic mass is 32.2. The highest BCUT2D eigenvalue weighted by Crippen LogP contribution is 2.35. The summed E-state index contributed by atoms with van der Waals surface area (Å²) in [6.45, 7) is 0. The van der Waals surface area contributed by atoms with E-state index in [-0.39, 0.29) is 0 Å². The summed E-state index contributed by atoms with van der Waals surface area (Å²) in [6, 6.07) is 9.99. The molecule has 2 heterocycles.